The fourth-order valence-corrected chi connectivity index (χ4v) is 3.01. The van der Waals surface area contributed by atoms with E-state index in [1.807, 2.05) is 6.92 Å². The zero-order valence-corrected chi connectivity index (χ0v) is 12.9. The lowest BCUT2D eigenvalue weighted by Crippen LogP contribution is -2.36. The van der Waals surface area contributed by atoms with Crippen molar-refractivity contribution in [2.75, 3.05) is 12.3 Å². The molecule has 6 nitrogen and oxygen atoms in total. The van der Waals surface area contributed by atoms with E-state index in [-0.39, 0.29) is 34.7 Å². The van der Waals surface area contributed by atoms with Gasteiger partial charge in [0, 0.05) is 24.4 Å². The van der Waals surface area contributed by atoms with Crippen molar-refractivity contribution in [2.24, 2.45) is 0 Å². The van der Waals surface area contributed by atoms with E-state index in [9.17, 15) is 18.0 Å². The van der Waals surface area contributed by atoms with Crippen LogP contribution in [0.3, 0.4) is 0 Å². The Morgan fingerprint density at radius 1 is 1.46 bits per heavy atom. The molecule has 0 saturated heterocycles. The van der Waals surface area contributed by atoms with E-state index in [4.69, 9.17) is 5.73 Å². The number of aromatic nitrogens is 3. The Bertz CT molecular complexity index is 784. The SMILES string of the molecule is CCC1CNC(=O)c2cc(-c3ccnc(N)n3)n(CC(F)(F)F)c21. The van der Waals surface area contributed by atoms with Crippen LogP contribution in [0.25, 0.3) is 11.4 Å². The highest BCUT2D eigenvalue weighted by Crippen LogP contribution is 2.35. The van der Waals surface area contributed by atoms with Gasteiger partial charge in [-0.05, 0) is 18.6 Å². The smallest absolute Gasteiger partial charge is 0.368 e. The Balaban J connectivity index is 2.23. The standard InChI is InChI=1S/C15H16F3N5O/c1-2-8-6-21-13(24)9-5-11(10-3-4-20-14(19)22-10)23(12(8)9)7-15(16,17)18/h3-5,8H,2,6-7H2,1H3,(H,21,24)(H2,19,20,22). The second-order valence-electron chi connectivity index (χ2n) is 5.65. The molecular formula is C15H16F3N5O. The van der Waals surface area contributed by atoms with E-state index in [2.05, 4.69) is 15.3 Å². The molecule has 128 valence electrons. The molecule has 3 heterocycles. The van der Waals surface area contributed by atoms with Gasteiger partial charge in [0.1, 0.15) is 6.54 Å². The summed E-state index contributed by atoms with van der Waals surface area (Å²) >= 11 is 0. The first kappa shape index (κ1) is 16.3. The molecular weight excluding hydrogens is 323 g/mol. The third-order valence-electron chi connectivity index (χ3n) is 4.05. The zero-order chi connectivity index (χ0) is 17.5. The number of nitrogens with one attached hydrogen (secondary N) is 1. The van der Waals surface area contributed by atoms with Gasteiger partial charge in [0.2, 0.25) is 5.95 Å². The molecule has 2 aromatic heterocycles. The van der Waals surface area contributed by atoms with Crippen molar-refractivity contribution in [3.63, 3.8) is 0 Å². The lowest BCUT2D eigenvalue weighted by molar-refractivity contribution is -0.140. The van der Waals surface area contributed by atoms with E-state index in [0.717, 1.165) is 4.57 Å². The molecule has 0 radical (unpaired) electrons. The largest absolute Gasteiger partial charge is 0.406 e. The number of nitrogen functional groups attached to an aromatic ring is 1. The predicted molar refractivity (Wildman–Crippen MR) is 81.3 cm³/mol. The van der Waals surface area contributed by atoms with Crippen LogP contribution in [-0.2, 0) is 6.54 Å². The number of halogens is 3. The van der Waals surface area contributed by atoms with Gasteiger partial charge >= 0.3 is 6.18 Å². The summed E-state index contributed by atoms with van der Waals surface area (Å²) in [6.07, 6.45) is -2.44. The summed E-state index contributed by atoms with van der Waals surface area (Å²) in [6, 6.07) is 2.92. The number of nitrogens with zero attached hydrogens (tertiary/aromatic N) is 3. The third-order valence-corrected chi connectivity index (χ3v) is 4.05. The maximum atomic E-state index is 13.1. The fourth-order valence-electron chi connectivity index (χ4n) is 3.01. The highest BCUT2D eigenvalue weighted by molar-refractivity contribution is 5.98. The lowest BCUT2D eigenvalue weighted by Gasteiger charge is -2.25. The number of carbonyl (C=O) groups excluding carboxylic acids is 1. The van der Waals surface area contributed by atoms with Gasteiger partial charge < -0.3 is 15.6 Å². The Labute approximate surface area is 135 Å². The summed E-state index contributed by atoms with van der Waals surface area (Å²) < 4.78 is 40.5. The highest BCUT2D eigenvalue weighted by atomic mass is 19.4. The van der Waals surface area contributed by atoms with Crippen molar-refractivity contribution in [3.05, 3.63) is 29.6 Å². The van der Waals surface area contributed by atoms with Crippen LogP contribution in [0.2, 0.25) is 0 Å². The maximum Gasteiger partial charge on any atom is 0.406 e. The molecule has 0 aromatic carbocycles. The van der Waals surface area contributed by atoms with Gasteiger partial charge in [-0.25, -0.2) is 9.97 Å². The van der Waals surface area contributed by atoms with Gasteiger partial charge in [-0.1, -0.05) is 6.92 Å². The van der Waals surface area contributed by atoms with Gasteiger partial charge in [0.05, 0.1) is 17.0 Å². The van der Waals surface area contributed by atoms with Crippen LogP contribution in [0, 0.1) is 0 Å². The van der Waals surface area contributed by atoms with E-state index >= 15 is 0 Å². The molecule has 1 unspecified atom stereocenters. The predicted octanol–water partition coefficient (Wildman–Crippen LogP) is 2.33. The second-order valence-corrected chi connectivity index (χ2v) is 5.65. The van der Waals surface area contributed by atoms with E-state index in [1.165, 1.54) is 18.3 Å². The van der Waals surface area contributed by atoms with Crippen molar-refractivity contribution >= 4 is 11.9 Å². The lowest BCUT2D eigenvalue weighted by atomic mass is 9.95. The van der Waals surface area contributed by atoms with Crippen LogP contribution in [0.15, 0.2) is 18.3 Å². The maximum absolute atomic E-state index is 13.1. The first-order valence-electron chi connectivity index (χ1n) is 7.47. The molecule has 3 rings (SSSR count). The van der Waals surface area contributed by atoms with Crippen molar-refractivity contribution in [1.82, 2.24) is 19.9 Å². The summed E-state index contributed by atoms with van der Waals surface area (Å²) in [6.45, 7) is 1.00. The minimum atomic E-state index is -4.42. The number of fused-ring (bicyclic) bond motifs is 1. The zero-order valence-electron chi connectivity index (χ0n) is 12.9. The van der Waals surface area contributed by atoms with E-state index in [0.29, 0.717) is 18.7 Å². The minimum Gasteiger partial charge on any atom is -0.368 e. The number of nitrogens with two attached hydrogens (primary N) is 1. The van der Waals surface area contributed by atoms with Gasteiger partial charge in [-0.15, -0.1) is 0 Å². The van der Waals surface area contributed by atoms with Crippen LogP contribution < -0.4 is 11.1 Å². The minimum absolute atomic E-state index is 0.0401. The van der Waals surface area contributed by atoms with Crippen LogP contribution in [0.5, 0.6) is 0 Å². The Kier molecular flexibility index (Phi) is 3.94. The van der Waals surface area contributed by atoms with Crippen molar-refractivity contribution in [2.45, 2.75) is 32.0 Å². The summed E-state index contributed by atoms with van der Waals surface area (Å²) in [4.78, 5) is 19.9. The molecule has 24 heavy (non-hydrogen) atoms. The number of carbonyl (C=O) groups is 1. The number of amides is 1. The quantitative estimate of drug-likeness (QED) is 0.899. The molecule has 2 aromatic rings. The molecule has 1 atom stereocenters. The molecule has 1 aliphatic heterocycles. The number of alkyl halides is 3. The summed E-state index contributed by atoms with van der Waals surface area (Å²) in [5, 5.41) is 2.71. The van der Waals surface area contributed by atoms with Crippen LogP contribution in [-0.4, -0.2) is 33.2 Å². The molecule has 1 amide bonds. The van der Waals surface area contributed by atoms with Gasteiger partial charge in [-0.3, -0.25) is 4.79 Å². The van der Waals surface area contributed by atoms with Gasteiger partial charge in [0.25, 0.3) is 5.91 Å². The number of hydrogen-bond donors (Lipinski definition) is 2. The Morgan fingerprint density at radius 3 is 2.83 bits per heavy atom. The molecule has 0 aliphatic carbocycles. The average Bonchev–Trinajstić information content (AvgIpc) is 2.86. The Hall–Kier alpha value is -2.58. The normalized spacial score (nSPS) is 17.5. The van der Waals surface area contributed by atoms with Gasteiger partial charge in [-0.2, -0.15) is 13.2 Å². The van der Waals surface area contributed by atoms with Gasteiger partial charge in [0.15, 0.2) is 0 Å². The van der Waals surface area contributed by atoms with E-state index < -0.39 is 12.7 Å². The molecule has 9 heteroatoms. The molecule has 3 N–H and O–H groups in total. The summed E-state index contributed by atoms with van der Waals surface area (Å²) in [7, 11) is 0. The number of hydrogen-bond acceptors (Lipinski definition) is 4. The first-order chi connectivity index (χ1) is 11.3. The molecule has 0 bridgehead atoms. The number of anilines is 1. The summed E-state index contributed by atoms with van der Waals surface area (Å²) in [5.74, 6) is -0.603. The van der Waals surface area contributed by atoms with E-state index in [1.54, 1.807) is 0 Å². The molecule has 1 aliphatic rings. The highest BCUT2D eigenvalue weighted by Gasteiger charge is 2.36. The van der Waals surface area contributed by atoms with Crippen molar-refractivity contribution < 1.29 is 18.0 Å². The fraction of sp³-hybridized carbons (Fsp3) is 0.400. The average molecular weight is 339 g/mol. The van der Waals surface area contributed by atoms with Crippen molar-refractivity contribution in [1.29, 1.82) is 0 Å². The Morgan fingerprint density at radius 2 is 2.21 bits per heavy atom. The second kappa shape index (κ2) is 5.81. The molecule has 0 spiro atoms. The monoisotopic (exact) mass is 339 g/mol. The van der Waals surface area contributed by atoms with Crippen LogP contribution >= 0.6 is 0 Å². The number of rotatable bonds is 3. The van der Waals surface area contributed by atoms with Crippen LogP contribution in [0.4, 0.5) is 19.1 Å². The third kappa shape index (κ3) is 2.93. The first-order valence-corrected chi connectivity index (χ1v) is 7.47. The molecule has 0 saturated carbocycles. The molecule has 0 fully saturated rings. The van der Waals surface area contributed by atoms with Crippen molar-refractivity contribution in [3.8, 4) is 11.4 Å². The summed E-state index contributed by atoms with van der Waals surface area (Å²) in [5.41, 5.74) is 6.66. The van der Waals surface area contributed by atoms with Crippen LogP contribution in [0.1, 0.15) is 35.3 Å². The topological polar surface area (TPSA) is 85.8 Å².